The van der Waals surface area contributed by atoms with Crippen LogP contribution in [0, 0.1) is 5.41 Å². The van der Waals surface area contributed by atoms with Crippen LogP contribution in [0.3, 0.4) is 0 Å². The molecule has 1 atom stereocenters. The minimum atomic E-state index is -0.161. The average Bonchev–Trinajstić information content (AvgIpc) is 3.27. The third kappa shape index (κ3) is 3.95. The molecular formula is C21H27N5O. The molecule has 0 spiro atoms. The van der Waals surface area contributed by atoms with Gasteiger partial charge in [-0.15, -0.1) is 0 Å². The Labute approximate surface area is 160 Å². The van der Waals surface area contributed by atoms with Gasteiger partial charge in [0.05, 0.1) is 12.0 Å². The van der Waals surface area contributed by atoms with Gasteiger partial charge in [0.15, 0.2) is 0 Å². The van der Waals surface area contributed by atoms with Crippen molar-refractivity contribution in [2.45, 2.75) is 38.3 Å². The minimum absolute atomic E-state index is 0.161. The number of amides is 1. The SMILES string of the molecule is CN(Cc1nccc(N)n1)[C@@H]1CCN(C(=O)C2(Cc3ccccc3)CC2)C1. The lowest BCUT2D eigenvalue weighted by atomic mass is 9.95. The van der Waals surface area contributed by atoms with Crippen LogP contribution in [0.2, 0.25) is 0 Å². The molecule has 27 heavy (non-hydrogen) atoms. The number of carbonyl (C=O) groups is 1. The monoisotopic (exact) mass is 365 g/mol. The van der Waals surface area contributed by atoms with Crippen LogP contribution >= 0.6 is 0 Å². The van der Waals surface area contributed by atoms with E-state index in [1.165, 1.54) is 5.56 Å². The first kappa shape index (κ1) is 17.9. The summed E-state index contributed by atoms with van der Waals surface area (Å²) in [7, 11) is 2.07. The standard InChI is InChI=1S/C21H27N5O/c1-25(15-19-23-11-7-18(22)24-19)17-8-12-26(14-17)20(27)21(9-10-21)13-16-5-3-2-4-6-16/h2-7,11,17H,8-10,12-15H2,1H3,(H2,22,23,24)/t17-/m1/s1. The van der Waals surface area contributed by atoms with Crippen molar-refractivity contribution in [1.82, 2.24) is 19.8 Å². The Bertz CT molecular complexity index is 805. The summed E-state index contributed by atoms with van der Waals surface area (Å²) in [4.78, 5) is 26.0. The second kappa shape index (κ2) is 7.27. The smallest absolute Gasteiger partial charge is 0.229 e. The number of likely N-dealkylation sites (tertiary alicyclic amines) is 1. The molecule has 1 saturated heterocycles. The van der Waals surface area contributed by atoms with Crippen LogP contribution in [0.4, 0.5) is 5.82 Å². The van der Waals surface area contributed by atoms with Crippen molar-refractivity contribution >= 4 is 11.7 Å². The molecule has 6 heteroatoms. The molecule has 2 heterocycles. The Morgan fingerprint density at radius 3 is 2.78 bits per heavy atom. The lowest BCUT2D eigenvalue weighted by Gasteiger charge is -2.26. The first-order valence-electron chi connectivity index (χ1n) is 9.67. The molecule has 6 nitrogen and oxygen atoms in total. The number of rotatable bonds is 6. The van der Waals surface area contributed by atoms with Crippen molar-refractivity contribution in [2.75, 3.05) is 25.9 Å². The van der Waals surface area contributed by atoms with Gasteiger partial charge in [0.25, 0.3) is 0 Å². The van der Waals surface area contributed by atoms with Crippen molar-refractivity contribution in [1.29, 1.82) is 0 Å². The van der Waals surface area contributed by atoms with Gasteiger partial charge in [0, 0.05) is 25.3 Å². The zero-order valence-electron chi connectivity index (χ0n) is 15.8. The average molecular weight is 365 g/mol. The zero-order valence-corrected chi connectivity index (χ0v) is 15.8. The Kier molecular flexibility index (Phi) is 4.83. The van der Waals surface area contributed by atoms with Crippen LogP contribution in [0.15, 0.2) is 42.6 Å². The van der Waals surface area contributed by atoms with Crippen molar-refractivity contribution < 1.29 is 4.79 Å². The van der Waals surface area contributed by atoms with Gasteiger partial charge in [-0.1, -0.05) is 30.3 Å². The normalized spacial score (nSPS) is 20.8. The third-order valence-electron chi connectivity index (χ3n) is 5.88. The topological polar surface area (TPSA) is 75.4 Å². The molecule has 142 valence electrons. The van der Waals surface area contributed by atoms with Gasteiger partial charge < -0.3 is 10.6 Å². The van der Waals surface area contributed by atoms with Gasteiger partial charge in [-0.25, -0.2) is 9.97 Å². The van der Waals surface area contributed by atoms with Gasteiger partial charge in [-0.05, 0) is 44.4 Å². The molecule has 0 bridgehead atoms. The molecule has 0 radical (unpaired) electrons. The minimum Gasteiger partial charge on any atom is -0.384 e. The summed E-state index contributed by atoms with van der Waals surface area (Å²) in [5.74, 6) is 1.56. The molecule has 4 rings (SSSR count). The Morgan fingerprint density at radius 1 is 1.30 bits per heavy atom. The van der Waals surface area contributed by atoms with E-state index in [2.05, 4.69) is 51.1 Å². The summed E-state index contributed by atoms with van der Waals surface area (Å²) >= 11 is 0. The van der Waals surface area contributed by atoms with Crippen LogP contribution in [0.1, 0.15) is 30.7 Å². The highest BCUT2D eigenvalue weighted by atomic mass is 16.2. The zero-order chi connectivity index (χ0) is 18.9. The maximum Gasteiger partial charge on any atom is 0.229 e. The first-order chi connectivity index (χ1) is 13.1. The number of hydrogen-bond acceptors (Lipinski definition) is 5. The molecule has 1 amide bonds. The van der Waals surface area contributed by atoms with E-state index in [9.17, 15) is 4.79 Å². The van der Waals surface area contributed by atoms with Crippen LogP contribution in [0.25, 0.3) is 0 Å². The second-order valence-corrected chi connectivity index (χ2v) is 7.95. The van der Waals surface area contributed by atoms with E-state index in [0.29, 0.717) is 24.3 Å². The van der Waals surface area contributed by atoms with Crippen LogP contribution in [-0.4, -0.2) is 51.9 Å². The predicted octanol–water partition coefficient (Wildman–Crippen LogP) is 2.11. The number of carbonyl (C=O) groups excluding carboxylic acids is 1. The summed E-state index contributed by atoms with van der Waals surface area (Å²) < 4.78 is 0. The maximum absolute atomic E-state index is 13.2. The molecular weight excluding hydrogens is 338 g/mol. The van der Waals surface area contributed by atoms with Gasteiger partial charge in [0.1, 0.15) is 11.6 Å². The quantitative estimate of drug-likeness (QED) is 0.849. The summed E-state index contributed by atoms with van der Waals surface area (Å²) in [6, 6.07) is 12.4. The highest BCUT2D eigenvalue weighted by Gasteiger charge is 2.52. The van der Waals surface area contributed by atoms with Gasteiger partial charge in [-0.3, -0.25) is 9.69 Å². The predicted molar refractivity (Wildman–Crippen MR) is 105 cm³/mol. The van der Waals surface area contributed by atoms with E-state index >= 15 is 0 Å². The molecule has 2 aliphatic rings. The number of aromatic nitrogens is 2. The molecule has 1 aromatic carbocycles. The molecule has 2 aromatic rings. The highest BCUT2D eigenvalue weighted by molar-refractivity contribution is 5.86. The number of benzene rings is 1. The number of nitrogens with two attached hydrogens (primary N) is 1. The van der Waals surface area contributed by atoms with Gasteiger partial charge in [-0.2, -0.15) is 0 Å². The van der Waals surface area contributed by atoms with Crippen molar-refractivity contribution in [3.63, 3.8) is 0 Å². The maximum atomic E-state index is 13.2. The van der Waals surface area contributed by atoms with Gasteiger partial charge >= 0.3 is 0 Å². The molecule has 0 unspecified atom stereocenters. The van der Waals surface area contributed by atoms with E-state index in [1.54, 1.807) is 12.3 Å². The fourth-order valence-electron chi connectivity index (χ4n) is 4.07. The van der Waals surface area contributed by atoms with Crippen LogP contribution in [0.5, 0.6) is 0 Å². The highest BCUT2D eigenvalue weighted by Crippen LogP contribution is 2.50. The van der Waals surface area contributed by atoms with Crippen molar-refractivity contribution in [3.8, 4) is 0 Å². The summed E-state index contributed by atoms with van der Waals surface area (Å²) in [6.07, 6.45) is 5.56. The number of anilines is 1. The number of likely N-dealkylation sites (N-methyl/N-ethyl adjacent to an activating group) is 1. The van der Waals surface area contributed by atoms with Crippen LogP contribution < -0.4 is 5.73 Å². The van der Waals surface area contributed by atoms with E-state index in [4.69, 9.17) is 5.73 Å². The lowest BCUT2D eigenvalue weighted by molar-refractivity contribution is -0.136. The summed E-state index contributed by atoms with van der Waals surface area (Å²) in [6.45, 7) is 2.27. The second-order valence-electron chi connectivity index (χ2n) is 7.95. The molecule has 1 aliphatic heterocycles. The molecule has 2 N–H and O–H groups in total. The lowest BCUT2D eigenvalue weighted by Crippen LogP contribution is -2.40. The fraction of sp³-hybridized carbons (Fsp3) is 0.476. The molecule has 2 fully saturated rings. The Morgan fingerprint density at radius 2 is 2.07 bits per heavy atom. The van der Waals surface area contributed by atoms with E-state index < -0.39 is 0 Å². The van der Waals surface area contributed by atoms with Crippen LogP contribution in [-0.2, 0) is 17.8 Å². The Balaban J connectivity index is 1.35. The Hall–Kier alpha value is -2.47. The number of nitrogens with zero attached hydrogens (tertiary/aromatic N) is 4. The number of nitrogen functional groups attached to an aromatic ring is 1. The largest absolute Gasteiger partial charge is 0.384 e. The van der Waals surface area contributed by atoms with Crippen molar-refractivity contribution in [2.24, 2.45) is 5.41 Å². The van der Waals surface area contributed by atoms with E-state index in [-0.39, 0.29) is 5.41 Å². The molecule has 1 saturated carbocycles. The summed E-state index contributed by atoms with van der Waals surface area (Å²) in [5, 5.41) is 0. The molecule has 1 aliphatic carbocycles. The number of hydrogen-bond donors (Lipinski definition) is 1. The first-order valence-corrected chi connectivity index (χ1v) is 9.67. The third-order valence-corrected chi connectivity index (χ3v) is 5.88. The van der Waals surface area contributed by atoms with Crippen molar-refractivity contribution in [3.05, 3.63) is 54.0 Å². The van der Waals surface area contributed by atoms with E-state index in [0.717, 1.165) is 44.6 Å². The van der Waals surface area contributed by atoms with Gasteiger partial charge in [0.2, 0.25) is 5.91 Å². The fourth-order valence-corrected chi connectivity index (χ4v) is 4.07. The van der Waals surface area contributed by atoms with E-state index in [1.807, 2.05) is 6.07 Å². The summed E-state index contributed by atoms with van der Waals surface area (Å²) in [5.41, 5.74) is 6.84. The molecule has 1 aromatic heterocycles.